The molecule has 2 N–H and O–H groups in total. The number of rotatable bonds is 5. The van der Waals surface area contributed by atoms with E-state index in [1.165, 1.54) is 27.4 Å². The Hall–Kier alpha value is -2.38. The average molecular weight is 413 g/mol. The van der Waals surface area contributed by atoms with Crippen LogP contribution in [-0.4, -0.2) is 16.2 Å². The molecule has 0 aliphatic heterocycles. The molecule has 0 aliphatic carbocycles. The number of hydrogen-bond acceptors (Lipinski definition) is 5. The zero-order valence-electron chi connectivity index (χ0n) is 16.4. The monoisotopic (exact) mass is 412 g/mol. The van der Waals surface area contributed by atoms with Gasteiger partial charge in [0, 0.05) is 10.6 Å². The van der Waals surface area contributed by atoms with Gasteiger partial charge in [-0.2, -0.15) is 0 Å². The van der Waals surface area contributed by atoms with Gasteiger partial charge < -0.3 is 5.32 Å². The van der Waals surface area contributed by atoms with Crippen molar-refractivity contribution in [3.8, 4) is 0 Å². The van der Waals surface area contributed by atoms with Crippen LogP contribution in [0.4, 0.5) is 15.6 Å². The van der Waals surface area contributed by atoms with Crippen LogP contribution < -0.4 is 10.6 Å². The van der Waals surface area contributed by atoms with Gasteiger partial charge in [-0.05, 0) is 42.2 Å². The molecule has 28 heavy (non-hydrogen) atoms. The Morgan fingerprint density at radius 1 is 1.00 bits per heavy atom. The van der Waals surface area contributed by atoms with Gasteiger partial charge in [0.1, 0.15) is 5.01 Å². The van der Waals surface area contributed by atoms with Crippen LogP contribution in [0.15, 0.2) is 53.4 Å². The molecule has 5 nitrogen and oxygen atoms in total. The number of nitrogens with one attached hydrogen (secondary N) is 2. The van der Waals surface area contributed by atoms with Crippen LogP contribution in [0.5, 0.6) is 0 Å². The minimum Gasteiger partial charge on any atom is -0.308 e. The van der Waals surface area contributed by atoms with Gasteiger partial charge in [-0.25, -0.2) is 4.79 Å². The van der Waals surface area contributed by atoms with Crippen LogP contribution >= 0.6 is 23.1 Å². The van der Waals surface area contributed by atoms with Crippen LogP contribution in [0.2, 0.25) is 0 Å². The van der Waals surface area contributed by atoms with E-state index in [4.69, 9.17) is 0 Å². The summed E-state index contributed by atoms with van der Waals surface area (Å²) in [5, 5.41) is 15.1. The molecule has 3 aromatic rings. The van der Waals surface area contributed by atoms with Crippen molar-refractivity contribution in [1.82, 2.24) is 10.2 Å². The molecule has 0 spiro atoms. The van der Waals surface area contributed by atoms with Crippen LogP contribution in [0, 0.1) is 6.92 Å². The van der Waals surface area contributed by atoms with Gasteiger partial charge in [0.2, 0.25) is 5.13 Å². The fourth-order valence-electron chi connectivity index (χ4n) is 2.46. The van der Waals surface area contributed by atoms with Crippen molar-refractivity contribution in [3.05, 3.63) is 64.7 Å². The first kappa shape index (κ1) is 20.4. The average Bonchev–Trinajstić information content (AvgIpc) is 3.08. The molecule has 2 amide bonds. The van der Waals surface area contributed by atoms with Crippen molar-refractivity contribution >= 4 is 39.9 Å². The van der Waals surface area contributed by atoms with E-state index >= 15 is 0 Å². The molecule has 0 saturated carbocycles. The molecular weight excluding hydrogens is 388 g/mol. The lowest BCUT2D eigenvalue weighted by Gasteiger charge is -2.19. The maximum absolute atomic E-state index is 12.2. The molecule has 7 heteroatoms. The van der Waals surface area contributed by atoms with E-state index in [1.54, 1.807) is 11.8 Å². The van der Waals surface area contributed by atoms with E-state index in [-0.39, 0.29) is 11.4 Å². The molecule has 0 saturated heterocycles. The quantitative estimate of drug-likeness (QED) is 0.498. The van der Waals surface area contributed by atoms with E-state index in [9.17, 15) is 4.79 Å². The van der Waals surface area contributed by atoms with E-state index in [2.05, 4.69) is 72.8 Å². The second-order valence-corrected chi connectivity index (χ2v) is 9.62. The Bertz CT molecular complexity index is 928. The Balaban J connectivity index is 1.51. The van der Waals surface area contributed by atoms with E-state index in [0.29, 0.717) is 5.13 Å². The highest BCUT2D eigenvalue weighted by Crippen LogP contribution is 2.26. The number of aryl methyl sites for hydroxylation is 1. The smallest absolute Gasteiger partial charge is 0.308 e. The Morgan fingerprint density at radius 3 is 2.32 bits per heavy atom. The van der Waals surface area contributed by atoms with Crippen molar-refractivity contribution in [2.75, 3.05) is 10.6 Å². The molecule has 0 unspecified atom stereocenters. The molecule has 0 aliphatic rings. The maximum Gasteiger partial charge on any atom is 0.325 e. The fourth-order valence-corrected chi connectivity index (χ4v) is 4.07. The molecule has 146 valence electrons. The molecule has 0 atom stereocenters. The third-order valence-electron chi connectivity index (χ3n) is 4.08. The lowest BCUT2D eigenvalue weighted by molar-refractivity contribution is 0.262. The fraction of sp³-hybridized carbons (Fsp3) is 0.286. The second kappa shape index (κ2) is 8.75. The summed E-state index contributed by atoms with van der Waals surface area (Å²) < 4.78 is 0. The number of aromatic nitrogens is 2. The third-order valence-corrected chi connectivity index (χ3v) is 6.12. The molecular formula is C21H24N4OS2. The number of thioether (sulfide) groups is 1. The number of hydrogen-bond donors (Lipinski definition) is 2. The number of anilines is 2. The minimum atomic E-state index is -0.322. The van der Waals surface area contributed by atoms with Gasteiger partial charge in [0.25, 0.3) is 0 Å². The summed E-state index contributed by atoms with van der Waals surface area (Å²) in [5.74, 6) is 0.721. The van der Waals surface area contributed by atoms with Crippen LogP contribution in [0.3, 0.4) is 0 Å². The predicted octanol–water partition coefficient (Wildman–Crippen LogP) is 6.08. The number of carbonyl (C=O) groups is 1. The summed E-state index contributed by atoms with van der Waals surface area (Å²) >= 11 is 3.08. The van der Waals surface area contributed by atoms with E-state index in [0.717, 1.165) is 16.4 Å². The molecule has 0 bridgehead atoms. The first-order chi connectivity index (χ1) is 13.3. The number of urea groups is 1. The summed E-state index contributed by atoms with van der Waals surface area (Å²) in [7, 11) is 0. The molecule has 0 fully saturated rings. The molecule has 3 rings (SSSR count). The normalized spacial score (nSPS) is 11.3. The zero-order chi connectivity index (χ0) is 20.1. The maximum atomic E-state index is 12.2. The third kappa shape index (κ3) is 5.81. The van der Waals surface area contributed by atoms with Crippen LogP contribution in [-0.2, 0) is 11.2 Å². The minimum absolute atomic E-state index is 0.0837. The molecule has 1 heterocycles. The van der Waals surface area contributed by atoms with Crippen molar-refractivity contribution < 1.29 is 4.79 Å². The number of benzene rings is 2. The van der Waals surface area contributed by atoms with Gasteiger partial charge >= 0.3 is 6.03 Å². The first-order valence-corrected chi connectivity index (χ1v) is 10.8. The first-order valence-electron chi connectivity index (χ1n) is 9.00. The SMILES string of the molecule is Cc1ccc(SCc2nnc(NC(=O)Nc3ccc(C(C)(C)C)cc3)s2)cc1. The highest BCUT2D eigenvalue weighted by Gasteiger charge is 2.13. The number of carbonyl (C=O) groups excluding carboxylic acids is 1. The van der Waals surface area contributed by atoms with Gasteiger partial charge in [-0.1, -0.05) is 61.9 Å². The van der Waals surface area contributed by atoms with E-state index in [1.807, 2.05) is 24.3 Å². The zero-order valence-corrected chi connectivity index (χ0v) is 18.1. The van der Waals surface area contributed by atoms with Crippen molar-refractivity contribution in [2.24, 2.45) is 0 Å². The summed E-state index contributed by atoms with van der Waals surface area (Å²) in [6, 6.07) is 15.9. The van der Waals surface area contributed by atoms with E-state index < -0.39 is 0 Å². The second-order valence-electron chi connectivity index (χ2n) is 7.51. The van der Waals surface area contributed by atoms with Gasteiger partial charge in [-0.3, -0.25) is 5.32 Å². The van der Waals surface area contributed by atoms with Crippen molar-refractivity contribution in [3.63, 3.8) is 0 Å². The van der Waals surface area contributed by atoms with Gasteiger partial charge in [-0.15, -0.1) is 22.0 Å². The van der Waals surface area contributed by atoms with Gasteiger partial charge in [0.15, 0.2) is 0 Å². The lowest BCUT2D eigenvalue weighted by Crippen LogP contribution is -2.19. The standard InChI is InChI=1S/C21H24N4OS2/c1-14-5-11-17(12-6-14)27-13-18-24-25-20(28-18)23-19(26)22-16-9-7-15(8-10-16)21(2,3)4/h5-12H,13H2,1-4H3,(H2,22,23,25,26). The highest BCUT2D eigenvalue weighted by molar-refractivity contribution is 7.98. The van der Waals surface area contributed by atoms with Crippen LogP contribution in [0.1, 0.15) is 36.9 Å². The number of nitrogens with zero attached hydrogens (tertiary/aromatic N) is 2. The largest absolute Gasteiger partial charge is 0.325 e. The van der Waals surface area contributed by atoms with Crippen molar-refractivity contribution in [1.29, 1.82) is 0 Å². The highest BCUT2D eigenvalue weighted by atomic mass is 32.2. The van der Waals surface area contributed by atoms with Gasteiger partial charge in [0.05, 0.1) is 5.75 Å². The summed E-state index contributed by atoms with van der Waals surface area (Å²) in [6.45, 7) is 8.55. The lowest BCUT2D eigenvalue weighted by atomic mass is 9.87. The summed E-state index contributed by atoms with van der Waals surface area (Å²) in [5.41, 5.74) is 3.29. The van der Waals surface area contributed by atoms with Crippen LogP contribution in [0.25, 0.3) is 0 Å². The Kier molecular flexibility index (Phi) is 6.36. The molecule has 2 aromatic carbocycles. The molecule has 1 aromatic heterocycles. The molecule has 0 radical (unpaired) electrons. The summed E-state index contributed by atoms with van der Waals surface area (Å²) in [4.78, 5) is 13.4. The Morgan fingerprint density at radius 2 is 1.68 bits per heavy atom. The summed E-state index contributed by atoms with van der Waals surface area (Å²) in [6.07, 6.45) is 0. The Labute approximate surface area is 174 Å². The van der Waals surface area contributed by atoms with Crippen molar-refractivity contribution in [2.45, 2.75) is 43.8 Å². The number of amides is 2. The topological polar surface area (TPSA) is 66.9 Å². The predicted molar refractivity (Wildman–Crippen MR) is 118 cm³/mol.